The summed E-state index contributed by atoms with van der Waals surface area (Å²) < 4.78 is 0. The van der Waals surface area contributed by atoms with Crippen molar-refractivity contribution in [1.29, 1.82) is 0 Å². The Hall–Kier alpha value is -0.520. The van der Waals surface area contributed by atoms with Gasteiger partial charge in [0.15, 0.2) is 0 Å². The lowest BCUT2D eigenvalue weighted by Gasteiger charge is -1.86. The fourth-order valence-electron chi connectivity index (χ4n) is 0.604. The molecule has 38 valence electrons. The molecular weight excluding hydrogens is 84.1 g/mol. The summed E-state index contributed by atoms with van der Waals surface area (Å²) in [5.41, 5.74) is 2.84. The van der Waals surface area contributed by atoms with Crippen molar-refractivity contribution in [2.45, 2.75) is 19.8 Å². The van der Waals surface area contributed by atoms with Crippen molar-refractivity contribution in [3.05, 3.63) is 23.8 Å². The lowest BCUT2D eigenvalue weighted by molar-refractivity contribution is 1.16. The van der Waals surface area contributed by atoms with Crippen LogP contribution in [0.15, 0.2) is 23.8 Å². The lowest BCUT2D eigenvalue weighted by Crippen LogP contribution is -1.66. The normalized spacial score (nSPS) is 15.9. The van der Waals surface area contributed by atoms with E-state index in [1.807, 2.05) is 0 Å². The van der Waals surface area contributed by atoms with E-state index in [0.29, 0.717) is 0 Å². The van der Waals surface area contributed by atoms with Crippen LogP contribution in [0.25, 0.3) is 0 Å². The summed E-state index contributed by atoms with van der Waals surface area (Å²) in [5.74, 6) is 0. The molecule has 0 amide bonds. The van der Waals surface area contributed by atoms with Gasteiger partial charge in [-0.3, -0.25) is 0 Å². The van der Waals surface area contributed by atoms with Crippen LogP contribution in [0.4, 0.5) is 0 Å². The molecule has 1 rings (SSSR count). The number of rotatable bonds is 2. The molecule has 7 heavy (non-hydrogen) atoms. The molecule has 0 aromatic carbocycles. The van der Waals surface area contributed by atoms with Crippen LogP contribution in [0.3, 0.4) is 0 Å². The Morgan fingerprint density at radius 2 is 2.57 bits per heavy atom. The quantitative estimate of drug-likeness (QED) is 0.460. The second-order valence-corrected chi connectivity index (χ2v) is 2.20. The summed E-state index contributed by atoms with van der Waals surface area (Å²) in [7, 11) is 0. The van der Waals surface area contributed by atoms with Crippen LogP contribution < -0.4 is 0 Å². The van der Waals surface area contributed by atoms with Crippen LogP contribution in [-0.2, 0) is 0 Å². The zero-order chi connectivity index (χ0) is 5.28. The summed E-state index contributed by atoms with van der Waals surface area (Å²) in [6.07, 6.45) is 4.63. The maximum Gasteiger partial charge on any atom is -0.0111 e. The molecular formula is C7H10. The first kappa shape index (κ1) is 4.63. The average Bonchev–Trinajstić information content (AvgIpc) is 2.17. The van der Waals surface area contributed by atoms with Gasteiger partial charge in [0.25, 0.3) is 0 Å². The highest BCUT2D eigenvalue weighted by atomic mass is 14.1. The second-order valence-electron chi connectivity index (χ2n) is 2.20. The SMILES string of the molecule is C=C(C)CC1=CC1. The fourth-order valence-corrected chi connectivity index (χ4v) is 0.604. The standard InChI is InChI=1S/C7H10/c1-6(2)5-7-3-4-7/h3H,1,4-5H2,2H3. The zero-order valence-corrected chi connectivity index (χ0v) is 4.70. The van der Waals surface area contributed by atoms with Gasteiger partial charge in [-0.2, -0.15) is 0 Å². The van der Waals surface area contributed by atoms with Crippen LogP contribution in [-0.4, -0.2) is 0 Å². The minimum atomic E-state index is 1.14. The third kappa shape index (κ3) is 1.58. The van der Waals surface area contributed by atoms with Crippen LogP contribution >= 0.6 is 0 Å². The van der Waals surface area contributed by atoms with Gasteiger partial charge in [-0.1, -0.05) is 23.8 Å². The summed E-state index contributed by atoms with van der Waals surface area (Å²) in [6.45, 7) is 5.86. The molecule has 0 saturated carbocycles. The van der Waals surface area contributed by atoms with E-state index in [-0.39, 0.29) is 0 Å². The van der Waals surface area contributed by atoms with Gasteiger partial charge in [-0.05, 0) is 19.8 Å². The summed E-state index contributed by atoms with van der Waals surface area (Å²) in [4.78, 5) is 0. The Morgan fingerprint density at radius 3 is 2.71 bits per heavy atom. The van der Waals surface area contributed by atoms with Crippen molar-refractivity contribution in [1.82, 2.24) is 0 Å². The Balaban J connectivity index is 2.21. The molecule has 0 N–H and O–H groups in total. The third-order valence-corrected chi connectivity index (χ3v) is 1.02. The molecule has 0 unspecified atom stereocenters. The monoisotopic (exact) mass is 94.1 g/mol. The molecule has 0 spiro atoms. The second kappa shape index (κ2) is 1.53. The maximum absolute atomic E-state index is 3.79. The van der Waals surface area contributed by atoms with Gasteiger partial charge in [0.05, 0.1) is 0 Å². The highest BCUT2D eigenvalue weighted by molar-refractivity contribution is 5.26. The van der Waals surface area contributed by atoms with Crippen LogP contribution in [0, 0.1) is 0 Å². The summed E-state index contributed by atoms with van der Waals surface area (Å²) in [6, 6.07) is 0. The molecule has 0 aromatic heterocycles. The molecule has 1 aliphatic carbocycles. The lowest BCUT2D eigenvalue weighted by atomic mass is 10.2. The molecule has 0 aliphatic heterocycles. The Bertz CT molecular complexity index is 118. The first-order chi connectivity index (χ1) is 3.29. The van der Waals surface area contributed by atoms with E-state index in [2.05, 4.69) is 19.6 Å². The van der Waals surface area contributed by atoms with Gasteiger partial charge in [0.1, 0.15) is 0 Å². The molecule has 0 bridgehead atoms. The van der Waals surface area contributed by atoms with Crippen molar-refractivity contribution in [3.63, 3.8) is 0 Å². The van der Waals surface area contributed by atoms with Gasteiger partial charge < -0.3 is 0 Å². The molecule has 0 radical (unpaired) electrons. The molecule has 1 aliphatic rings. The van der Waals surface area contributed by atoms with E-state index in [1.165, 1.54) is 12.0 Å². The largest absolute Gasteiger partial charge is 0.0998 e. The molecule has 0 heteroatoms. The minimum Gasteiger partial charge on any atom is -0.0998 e. The van der Waals surface area contributed by atoms with Crippen molar-refractivity contribution in [3.8, 4) is 0 Å². The number of hydrogen-bond acceptors (Lipinski definition) is 0. The molecule has 0 nitrogen and oxygen atoms in total. The molecule has 0 aromatic rings. The van der Waals surface area contributed by atoms with Gasteiger partial charge in [0, 0.05) is 0 Å². The Kier molecular flexibility index (Phi) is 1.01. The maximum atomic E-state index is 3.79. The first-order valence-corrected chi connectivity index (χ1v) is 2.61. The Labute approximate surface area is 44.5 Å². The van der Waals surface area contributed by atoms with Crippen molar-refractivity contribution in [2.75, 3.05) is 0 Å². The van der Waals surface area contributed by atoms with Gasteiger partial charge in [0.2, 0.25) is 0 Å². The summed E-state index contributed by atoms with van der Waals surface area (Å²) in [5, 5.41) is 0. The smallest absolute Gasteiger partial charge is 0.0111 e. The zero-order valence-electron chi connectivity index (χ0n) is 4.70. The van der Waals surface area contributed by atoms with Crippen LogP contribution in [0.2, 0.25) is 0 Å². The fraction of sp³-hybridized carbons (Fsp3) is 0.429. The van der Waals surface area contributed by atoms with Crippen molar-refractivity contribution < 1.29 is 0 Å². The predicted molar refractivity (Wildman–Crippen MR) is 32.1 cm³/mol. The van der Waals surface area contributed by atoms with E-state index >= 15 is 0 Å². The molecule has 0 saturated heterocycles. The van der Waals surface area contributed by atoms with E-state index in [9.17, 15) is 0 Å². The van der Waals surface area contributed by atoms with E-state index in [1.54, 1.807) is 5.57 Å². The molecule has 0 fully saturated rings. The topological polar surface area (TPSA) is 0 Å². The Morgan fingerprint density at radius 1 is 2.00 bits per heavy atom. The molecule has 0 atom stereocenters. The van der Waals surface area contributed by atoms with Gasteiger partial charge in [-0.15, -0.1) is 0 Å². The van der Waals surface area contributed by atoms with E-state index < -0.39 is 0 Å². The number of allylic oxidation sites excluding steroid dienone is 3. The average molecular weight is 94.2 g/mol. The predicted octanol–water partition coefficient (Wildman–Crippen LogP) is 2.28. The molecule has 0 heterocycles. The van der Waals surface area contributed by atoms with Gasteiger partial charge in [-0.25, -0.2) is 0 Å². The van der Waals surface area contributed by atoms with E-state index in [4.69, 9.17) is 0 Å². The number of hydrogen-bond donors (Lipinski definition) is 0. The van der Waals surface area contributed by atoms with Crippen LogP contribution in [0.5, 0.6) is 0 Å². The van der Waals surface area contributed by atoms with Gasteiger partial charge >= 0.3 is 0 Å². The highest BCUT2D eigenvalue weighted by Gasteiger charge is 2.04. The first-order valence-electron chi connectivity index (χ1n) is 2.61. The third-order valence-electron chi connectivity index (χ3n) is 1.02. The van der Waals surface area contributed by atoms with Crippen molar-refractivity contribution >= 4 is 0 Å². The van der Waals surface area contributed by atoms with E-state index in [0.717, 1.165) is 6.42 Å². The van der Waals surface area contributed by atoms with Crippen LogP contribution in [0.1, 0.15) is 19.8 Å². The highest BCUT2D eigenvalue weighted by Crippen LogP contribution is 2.24. The summed E-state index contributed by atoms with van der Waals surface area (Å²) >= 11 is 0. The van der Waals surface area contributed by atoms with Crippen molar-refractivity contribution in [2.24, 2.45) is 0 Å². The minimum absolute atomic E-state index is 1.14.